The lowest BCUT2D eigenvalue weighted by molar-refractivity contribution is 0.0425. The van der Waals surface area contributed by atoms with E-state index in [1.807, 2.05) is 30.3 Å². The van der Waals surface area contributed by atoms with Crippen LogP contribution in [0.1, 0.15) is 63.7 Å². The normalized spacial score (nSPS) is 16.1. The topological polar surface area (TPSA) is 86.7 Å². The second kappa shape index (κ2) is 7.31. The molecule has 1 spiro atoms. The lowest BCUT2D eigenvalue weighted by atomic mass is 9.69. The van der Waals surface area contributed by atoms with Gasteiger partial charge in [-0.05, 0) is 86.0 Å². The van der Waals surface area contributed by atoms with Gasteiger partial charge in [0, 0.05) is 0 Å². The van der Waals surface area contributed by atoms with E-state index in [2.05, 4.69) is 42.5 Å². The number of cyclic esters (lactones) is 4. The molecule has 0 amide bonds. The molecule has 0 atom stereocenters. The van der Waals surface area contributed by atoms with Crippen LogP contribution in [0.3, 0.4) is 0 Å². The highest BCUT2D eigenvalue weighted by molar-refractivity contribution is 6.18. The Labute approximate surface area is 232 Å². The highest BCUT2D eigenvalue weighted by Gasteiger charge is 2.54. The van der Waals surface area contributed by atoms with E-state index < -0.39 is 29.3 Å². The Morgan fingerprint density at radius 2 is 0.854 bits per heavy atom. The van der Waals surface area contributed by atoms with Crippen LogP contribution in [-0.4, -0.2) is 23.9 Å². The van der Waals surface area contributed by atoms with Gasteiger partial charge in [0.15, 0.2) is 0 Å². The Bertz CT molecular complexity index is 2040. The molecule has 2 heterocycles. The fraction of sp³-hybridized carbons (Fsp3) is 0.0286. The van der Waals surface area contributed by atoms with E-state index in [-0.39, 0.29) is 22.3 Å². The first kappa shape index (κ1) is 22.2. The van der Waals surface area contributed by atoms with E-state index in [0.29, 0.717) is 11.1 Å². The third-order valence-corrected chi connectivity index (χ3v) is 8.82. The number of esters is 4. The van der Waals surface area contributed by atoms with Gasteiger partial charge in [0.1, 0.15) is 0 Å². The van der Waals surface area contributed by atoms with Crippen molar-refractivity contribution in [1.82, 2.24) is 0 Å². The zero-order valence-electron chi connectivity index (χ0n) is 21.2. The average molecular weight is 533 g/mol. The molecule has 0 N–H and O–H groups in total. The molecule has 4 aliphatic rings. The molecule has 0 aromatic heterocycles. The molecule has 9 rings (SSSR count). The van der Waals surface area contributed by atoms with Gasteiger partial charge >= 0.3 is 23.9 Å². The molecule has 5 aromatic carbocycles. The Kier molecular flexibility index (Phi) is 3.96. The summed E-state index contributed by atoms with van der Waals surface area (Å²) in [5, 5.41) is 0. The Balaban J connectivity index is 1.46. The number of benzene rings is 5. The maximum Gasteiger partial charge on any atom is 0.346 e. The second-order valence-corrected chi connectivity index (χ2v) is 10.7. The van der Waals surface area contributed by atoms with Crippen molar-refractivity contribution in [2.75, 3.05) is 0 Å². The minimum absolute atomic E-state index is 0.181. The molecule has 0 bridgehead atoms. The Morgan fingerprint density at radius 1 is 0.366 bits per heavy atom. The van der Waals surface area contributed by atoms with Crippen LogP contribution in [0.4, 0.5) is 0 Å². The van der Waals surface area contributed by atoms with Crippen molar-refractivity contribution in [2.45, 2.75) is 5.41 Å². The van der Waals surface area contributed by atoms with Crippen LogP contribution < -0.4 is 0 Å². The average Bonchev–Trinajstić information content (AvgIpc) is 3.65. The van der Waals surface area contributed by atoms with Crippen molar-refractivity contribution in [1.29, 1.82) is 0 Å². The first-order chi connectivity index (χ1) is 20.0. The molecular formula is C35H16O6. The molecule has 6 heteroatoms. The van der Waals surface area contributed by atoms with E-state index >= 15 is 0 Å². The van der Waals surface area contributed by atoms with Crippen molar-refractivity contribution >= 4 is 23.9 Å². The highest BCUT2D eigenvalue weighted by atomic mass is 16.6. The second-order valence-electron chi connectivity index (χ2n) is 10.7. The lowest BCUT2D eigenvalue weighted by Gasteiger charge is -2.31. The van der Waals surface area contributed by atoms with Gasteiger partial charge < -0.3 is 9.47 Å². The van der Waals surface area contributed by atoms with E-state index in [1.165, 1.54) is 0 Å². The summed E-state index contributed by atoms with van der Waals surface area (Å²) in [5.41, 5.74) is 8.90. The predicted molar refractivity (Wildman–Crippen MR) is 148 cm³/mol. The summed E-state index contributed by atoms with van der Waals surface area (Å²) in [6, 6.07) is 31.4. The number of ether oxygens (including phenoxy) is 2. The van der Waals surface area contributed by atoms with Crippen molar-refractivity contribution in [3.05, 3.63) is 142 Å². The number of fused-ring (bicyclic) bond motifs is 12. The number of hydrogen-bond acceptors (Lipinski definition) is 6. The van der Waals surface area contributed by atoms with Crippen LogP contribution in [-0.2, 0) is 14.9 Å². The molecule has 0 unspecified atom stereocenters. The van der Waals surface area contributed by atoms with Crippen LogP contribution in [0.2, 0.25) is 0 Å². The van der Waals surface area contributed by atoms with E-state index in [0.717, 1.165) is 44.5 Å². The molecule has 192 valence electrons. The van der Waals surface area contributed by atoms with Gasteiger partial charge in [-0.15, -0.1) is 0 Å². The smallest absolute Gasteiger partial charge is 0.346 e. The molecule has 2 aliphatic carbocycles. The predicted octanol–water partition coefficient (Wildman–Crippen LogP) is 6.32. The van der Waals surface area contributed by atoms with Crippen molar-refractivity contribution in [3.63, 3.8) is 0 Å². The summed E-state index contributed by atoms with van der Waals surface area (Å²) >= 11 is 0. The molecule has 5 aromatic rings. The number of rotatable bonds is 1. The van der Waals surface area contributed by atoms with Gasteiger partial charge in [-0.3, -0.25) is 0 Å². The monoisotopic (exact) mass is 532 g/mol. The van der Waals surface area contributed by atoms with E-state index in [4.69, 9.17) is 9.47 Å². The molecule has 0 radical (unpaired) electrons. The van der Waals surface area contributed by atoms with Crippen molar-refractivity contribution < 1.29 is 28.7 Å². The van der Waals surface area contributed by atoms with Crippen molar-refractivity contribution in [2.24, 2.45) is 0 Å². The first-order valence-electron chi connectivity index (χ1n) is 13.2. The molecule has 2 aliphatic heterocycles. The quantitative estimate of drug-likeness (QED) is 0.182. The standard InChI is InChI=1S/C35H16O6/c36-31-23-13-21-22-14-24-26(34(39)41-32(24)37)16-30(22)35(29(21)15-25(23)33(38)40-31)27-9-5-4-8-19(27)20-11-10-18(12-28(20)35)17-6-2-1-3-7-17/h1-16H. The highest BCUT2D eigenvalue weighted by Crippen LogP contribution is 2.64. The molecule has 6 nitrogen and oxygen atoms in total. The zero-order chi connectivity index (χ0) is 27.6. The van der Waals surface area contributed by atoms with Gasteiger partial charge in [0.2, 0.25) is 0 Å². The molecule has 41 heavy (non-hydrogen) atoms. The SMILES string of the molecule is O=C1OC(=O)c2cc3c(cc21)-c1cc2c(cc1C31c3ccccc3-c3ccc(-c4ccccc4)cc31)C(=O)OC2=O. The van der Waals surface area contributed by atoms with Crippen LogP contribution >= 0.6 is 0 Å². The minimum atomic E-state index is -0.927. The summed E-state index contributed by atoms with van der Waals surface area (Å²) in [6.45, 7) is 0. The number of hydrogen-bond donors (Lipinski definition) is 0. The van der Waals surface area contributed by atoms with Gasteiger partial charge in [0.25, 0.3) is 0 Å². The number of carbonyl (C=O) groups excluding carboxylic acids is 4. The van der Waals surface area contributed by atoms with E-state index in [1.54, 1.807) is 24.3 Å². The maximum absolute atomic E-state index is 12.8. The number of carbonyl (C=O) groups is 4. The van der Waals surface area contributed by atoms with Crippen LogP contribution in [0.15, 0.2) is 97.1 Å². The summed E-state index contributed by atoms with van der Waals surface area (Å²) in [5.74, 6) is -2.79. The van der Waals surface area contributed by atoms with Crippen LogP contribution in [0, 0.1) is 0 Å². The molecule has 0 saturated carbocycles. The Morgan fingerprint density at radius 3 is 1.46 bits per heavy atom. The summed E-state index contributed by atoms with van der Waals surface area (Å²) in [4.78, 5) is 50.8. The maximum atomic E-state index is 12.8. The summed E-state index contributed by atoms with van der Waals surface area (Å²) in [7, 11) is 0. The molecule has 0 saturated heterocycles. The van der Waals surface area contributed by atoms with Crippen molar-refractivity contribution in [3.8, 4) is 33.4 Å². The van der Waals surface area contributed by atoms with Gasteiger partial charge in [-0.25, -0.2) is 19.2 Å². The summed E-state index contributed by atoms with van der Waals surface area (Å²) < 4.78 is 9.95. The van der Waals surface area contributed by atoms with Crippen LogP contribution in [0.25, 0.3) is 33.4 Å². The summed E-state index contributed by atoms with van der Waals surface area (Å²) in [6.07, 6.45) is 0. The van der Waals surface area contributed by atoms with E-state index in [9.17, 15) is 19.2 Å². The lowest BCUT2D eigenvalue weighted by Crippen LogP contribution is -2.26. The van der Waals surface area contributed by atoms with Gasteiger partial charge in [-0.1, -0.05) is 66.7 Å². The third kappa shape index (κ3) is 2.57. The zero-order valence-corrected chi connectivity index (χ0v) is 21.2. The Hall–Kier alpha value is -5.62. The fourth-order valence-electron chi connectivity index (χ4n) is 7.14. The first-order valence-corrected chi connectivity index (χ1v) is 13.2. The van der Waals surface area contributed by atoms with Crippen LogP contribution in [0.5, 0.6) is 0 Å². The largest absolute Gasteiger partial charge is 0.386 e. The molecule has 0 fully saturated rings. The molecular weight excluding hydrogens is 516 g/mol. The van der Waals surface area contributed by atoms with Gasteiger partial charge in [-0.2, -0.15) is 0 Å². The third-order valence-electron chi connectivity index (χ3n) is 8.82. The fourth-order valence-corrected chi connectivity index (χ4v) is 7.14. The minimum Gasteiger partial charge on any atom is -0.386 e. The van der Waals surface area contributed by atoms with Gasteiger partial charge in [0.05, 0.1) is 27.7 Å².